The van der Waals surface area contributed by atoms with Crippen molar-refractivity contribution in [2.75, 3.05) is 29.9 Å². The first-order valence-corrected chi connectivity index (χ1v) is 10.1. The maximum atomic E-state index is 12.7. The molecular weight excluding hydrogens is 368 g/mol. The lowest BCUT2D eigenvalue weighted by molar-refractivity contribution is -0.120. The quantitative estimate of drug-likeness (QED) is 0.752. The van der Waals surface area contributed by atoms with Crippen molar-refractivity contribution in [3.05, 3.63) is 47.3 Å². The highest BCUT2D eigenvalue weighted by atomic mass is 16.5. The molecule has 3 rings (SSSR count). The molecule has 0 spiro atoms. The molecule has 1 N–H and O–H groups in total. The van der Waals surface area contributed by atoms with Crippen molar-refractivity contribution in [1.29, 1.82) is 0 Å². The van der Waals surface area contributed by atoms with Gasteiger partial charge in [-0.2, -0.15) is 0 Å². The molecule has 7 nitrogen and oxygen atoms in total. The van der Waals surface area contributed by atoms with Crippen LogP contribution in [0.25, 0.3) is 0 Å². The largest absolute Gasteiger partial charge is 0.462 e. The summed E-state index contributed by atoms with van der Waals surface area (Å²) in [6, 6.07) is 8.84. The number of nitrogens with one attached hydrogen (secondary N) is 1. The number of rotatable bonds is 6. The number of nitrogens with zero attached hydrogens (tertiary/aromatic N) is 3. The molecule has 0 aliphatic carbocycles. The molecule has 1 aliphatic rings. The third-order valence-electron chi connectivity index (χ3n) is 4.92. The van der Waals surface area contributed by atoms with Gasteiger partial charge in [-0.25, -0.2) is 14.8 Å². The smallest absolute Gasteiger partial charge is 0.338 e. The number of aryl methyl sites for hydroxylation is 2. The van der Waals surface area contributed by atoms with E-state index in [-0.39, 0.29) is 17.8 Å². The molecule has 1 saturated heterocycles. The van der Waals surface area contributed by atoms with Crippen LogP contribution >= 0.6 is 0 Å². The van der Waals surface area contributed by atoms with E-state index < -0.39 is 0 Å². The Kier molecular flexibility index (Phi) is 6.80. The lowest BCUT2D eigenvalue weighted by atomic mass is 9.96. The number of piperidine rings is 1. The van der Waals surface area contributed by atoms with Crippen molar-refractivity contribution in [3.8, 4) is 0 Å². The predicted molar refractivity (Wildman–Crippen MR) is 112 cm³/mol. The first-order valence-electron chi connectivity index (χ1n) is 10.1. The average Bonchev–Trinajstić information content (AvgIpc) is 2.71. The number of benzene rings is 1. The molecule has 7 heteroatoms. The molecule has 154 valence electrons. The zero-order valence-electron chi connectivity index (χ0n) is 17.3. The third kappa shape index (κ3) is 5.53. The van der Waals surface area contributed by atoms with E-state index in [0.29, 0.717) is 17.9 Å². The van der Waals surface area contributed by atoms with Gasteiger partial charge in [-0.3, -0.25) is 4.79 Å². The van der Waals surface area contributed by atoms with Crippen molar-refractivity contribution in [2.45, 2.75) is 40.0 Å². The molecule has 2 heterocycles. The number of aromatic nitrogens is 2. The molecule has 0 radical (unpaired) electrons. The number of amides is 1. The predicted octanol–water partition coefficient (Wildman–Crippen LogP) is 3.52. The van der Waals surface area contributed by atoms with E-state index in [2.05, 4.69) is 20.2 Å². The van der Waals surface area contributed by atoms with Crippen LogP contribution in [0.15, 0.2) is 30.3 Å². The van der Waals surface area contributed by atoms with Gasteiger partial charge in [0.2, 0.25) is 11.9 Å². The Bertz CT molecular complexity index is 856. The van der Waals surface area contributed by atoms with Gasteiger partial charge in [0.1, 0.15) is 0 Å². The van der Waals surface area contributed by atoms with Gasteiger partial charge in [0.25, 0.3) is 0 Å². The van der Waals surface area contributed by atoms with Crippen LogP contribution in [-0.2, 0) is 9.53 Å². The fourth-order valence-corrected chi connectivity index (χ4v) is 3.44. The molecule has 0 atom stereocenters. The lowest BCUT2D eigenvalue weighted by Gasteiger charge is -2.31. The Morgan fingerprint density at radius 2 is 1.83 bits per heavy atom. The van der Waals surface area contributed by atoms with E-state index in [4.69, 9.17) is 4.74 Å². The van der Waals surface area contributed by atoms with Gasteiger partial charge >= 0.3 is 5.97 Å². The normalized spacial score (nSPS) is 14.5. The van der Waals surface area contributed by atoms with Gasteiger partial charge < -0.3 is 15.0 Å². The highest BCUT2D eigenvalue weighted by Gasteiger charge is 2.26. The SMILES string of the molecule is CCCOC(=O)c1cccc(NC(=O)C2CCN(c3nc(C)cc(C)n3)CC2)c1. The fraction of sp³-hybridized carbons (Fsp3) is 0.455. The maximum Gasteiger partial charge on any atom is 0.338 e. The molecule has 0 bridgehead atoms. The van der Waals surface area contributed by atoms with Crippen LogP contribution in [0, 0.1) is 19.8 Å². The summed E-state index contributed by atoms with van der Waals surface area (Å²) >= 11 is 0. The minimum absolute atomic E-state index is 0.0231. The second-order valence-electron chi connectivity index (χ2n) is 7.42. The highest BCUT2D eigenvalue weighted by Crippen LogP contribution is 2.23. The number of hydrogen-bond acceptors (Lipinski definition) is 6. The number of ether oxygens (including phenoxy) is 1. The summed E-state index contributed by atoms with van der Waals surface area (Å²) in [7, 11) is 0. The molecule has 0 unspecified atom stereocenters. The summed E-state index contributed by atoms with van der Waals surface area (Å²) < 4.78 is 5.16. The molecule has 0 saturated carbocycles. The minimum Gasteiger partial charge on any atom is -0.462 e. The zero-order chi connectivity index (χ0) is 20.8. The summed E-state index contributed by atoms with van der Waals surface area (Å²) in [6.45, 7) is 7.74. The third-order valence-corrected chi connectivity index (χ3v) is 4.92. The van der Waals surface area contributed by atoms with Gasteiger partial charge in [-0.05, 0) is 57.4 Å². The topological polar surface area (TPSA) is 84.4 Å². The van der Waals surface area contributed by atoms with Gasteiger partial charge in [-0.1, -0.05) is 13.0 Å². The molecule has 1 aliphatic heterocycles. The number of anilines is 2. The van der Waals surface area contributed by atoms with Crippen molar-refractivity contribution < 1.29 is 14.3 Å². The van der Waals surface area contributed by atoms with E-state index in [1.807, 2.05) is 26.8 Å². The fourth-order valence-electron chi connectivity index (χ4n) is 3.44. The highest BCUT2D eigenvalue weighted by molar-refractivity contribution is 5.95. The summed E-state index contributed by atoms with van der Waals surface area (Å²) in [5.74, 6) is 0.266. The van der Waals surface area contributed by atoms with E-state index in [1.165, 1.54) is 0 Å². The lowest BCUT2D eigenvalue weighted by Crippen LogP contribution is -2.39. The molecular formula is C22H28N4O3. The standard InChI is InChI=1S/C22H28N4O3/c1-4-12-29-21(28)18-6-5-7-19(14-18)25-20(27)17-8-10-26(11-9-17)22-23-15(2)13-16(3)24-22/h5-7,13-14,17H,4,8-12H2,1-3H3,(H,25,27). The van der Waals surface area contributed by atoms with Crippen molar-refractivity contribution in [3.63, 3.8) is 0 Å². The molecule has 1 aromatic heterocycles. The van der Waals surface area contributed by atoms with Gasteiger partial charge in [-0.15, -0.1) is 0 Å². The molecule has 1 fully saturated rings. The van der Waals surface area contributed by atoms with Gasteiger partial charge in [0.15, 0.2) is 0 Å². The zero-order valence-corrected chi connectivity index (χ0v) is 17.3. The molecule has 29 heavy (non-hydrogen) atoms. The molecule has 1 amide bonds. The van der Waals surface area contributed by atoms with Crippen molar-refractivity contribution in [1.82, 2.24) is 9.97 Å². The van der Waals surface area contributed by atoms with Crippen LogP contribution in [0.1, 0.15) is 47.9 Å². The Balaban J connectivity index is 1.56. The van der Waals surface area contributed by atoms with Gasteiger partial charge in [0.05, 0.1) is 12.2 Å². The molecule has 1 aromatic carbocycles. The number of esters is 1. The first kappa shape index (κ1) is 20.8. The Morgan fingerprint density at radius 3 is 2.48 bits per heavy atom. The van der Waals surface area contributed by atoms with Crippen LogP contribution in [0.5, 0.6) is 0 Å². The summed E-state index contributed by atoms with van der Waals surface area (Å²) in [4.78, 5) is 35.9. The van der Waals surface area contributed by atoms with Crippen LogP contribution in [0.3, 0.4) is 0 Å². The minimum atomic E-state index is -0.371. The monoisotopic (exact) mass is 396 g/mol. The molecule has 2 aromatic rings. The van der Waals surface area contributed by atoms with Gasteiger partial charge in [0, 0.05) is 36.1 Å². The summed E-state index contributed by atoms with van der Waals surface area (Å²) in [5, 5.41) is 2.94. The second kappa shape index (κ2) is 9.49. The van der Waals surface area contributed by atoms with E-state index in [9.17, 15) is 9.59 Å². The van der Waals surface area contributed by atoms with Crippen LogP contribution in [0.2, 0.25) is 0 Å². The Labute approximate surface area is 171 Å². The summed E-state index contributed by atoms with van der Waals surface area (Å²) in [6.07, 6.45) is 2.24. The Morgan fingerprint density at radius 1 is 1.14 bits per heavy atom. The number of carbonyl (C=O) groups excluding carboxylic acids is 2. The number of carbonyl (C=O) groups is 2. The van der Waals surface area contributed by atoms with Crippen molar-refractivity contribution >= 4 is 23.5 Å². The van der Waals surface area contributed by atoms with Crippen LogP contribution in [-0.4, -0.2) is 41.5 Å². The van der Waals surface area contributed by atoms with Crippen LogP contribution in [0.4, 0.5) is 11.6 Å². The van der Waals surface area contributed by atoms with E-state index in [0.717, 1.165) is 49.7 Å². The Hall–Kier alpha value is -2.96. The number of hydrogen-bond donors (Lipinski definition) is 1. The maximum absolute atomic E-state index is 12.7. The average molecular weight is 396 g/mol. The van der Waals surface area contributed by atoms with Crippen molar-refractivity contribution in [2.24, 2.45) is 5.92 Å². The second-order valence-corrected chi connectivity index (χ2v) is 7.42. The summed E-state index contributed by atoms with van der Waals surface area (Å²) in [5.41, 5.74) is 2.95. The van der Waals surface area contributed by atoms with E-state index >= 15 is 0 Å². The van der Waals surface area contributed by atoms with E-state index in [1.54, 1.807) is 24.3 Å². The van der Waals surface area contributed by atoms with Crippen LogP contribution < -0.4 is 10.2 Å². The first-order chi connectivity index (χ1) is 14.0.